The average Bonchev–Trinajstić information content (AvgIpc) is 2.76. The van der Waals surface area contributed by atoms with Gasteiger partial charge in [0.2, 0.25) is 0 Å². The van der Waals surface area contributed by atoms with Crippen LogP contribution in [0.15, 0.2) is 29.4 Å². The molecule has 0 aliphatic carbocycles. The van der Waals surface area contributed by atoms with Crippen molar-refractivity contribution in [3.63, 3.8) is 0 Å². The third kappa shape index (κ3) is 3.50. The topological polar surface area (TPSA) is 85.2 Å². The minimum absolute atomic E-state index is 0.0854. The molecule has 1 atom stereocenters. The Bertz CT molecular complexity index is 614. The molecule has 1 aliphatic heterocycles. The van der Waals surface area contributed by atoms with Crippen LogP contribution in [0.1, 0.15) is 25.8 Å². The Morgan fingerprint density at radius 2 is 2.00 bits per heavy atom. The van der Waals surface area contributed by atoms with Crippen LogP contribution in [0, 0.1) is 0 Å². The van der Waals surface area contributed by atoms with E-state index in [0.717, 1.165) is 16.3 Å². The van der Waals surface area contributed by atoms with Crippen molar-refractivity contribution >= 4 is 23.8 Å². The fourth-order valence-electron chi connectivity index (χ4n) is 2.23. The van der Waals surface area contributed by atoms with Crippen LogP contribution in [0.25, 0.3) is 0 Å². The van der Waals surface area contributed by atoms with Crippen LogP contribution in [0.3, 0.4) is 0 Å². The maximum atomic E-state index is 12.2. The molecule has 1 aliphatic rings. The highest BCUT2D eigenvalue weighted by atomic mass is 16.3. The minimum Gasteiger partial charge on any atom is -0.395 e. The van der Waals surface area contributed by atoms with Gasteiger partial charge in [0.05, 0.1) is 12.8 Å². The summed E-state index contributed by atoms with van der Waals surface area (Å²) in [6.07, 6.45) is 1.99. The summed E-state index contributed by atoms with van der Waals surface area (Å²) in [5.74, 6) is -0.347. The Morgan fingerprint density at radius 1 is 1.35 bits per heavy atom. The quantitative estimate of drug-likeness (QED) is 0.609. The lowest BCUT2D eigenvalue weighted by molar-refractivity contribution is -0.130. The molecular formula is C16H22N4O3. The predicted octanol–water partition coefficient (Wildman–Crippen LogP) is 1.17. The number of aliphatic hydroxyl groups is 1. The number of carbonyl (C=O) groups excluding carboxylic acids is 2. The number of rotatable bonds is 6. The monoisotopic (exact) mass is 318 g/mol. The maximum Gasteiger partial charge on any atom is 0.346 e. The number of aliphatic hydroxyl groups excluding tert-OH is 1. The van der Waals surface area contributed by atoms with Gasteiger partial charge in [0, 0.05) is 19.3 Å². The number of urea groups is 1. The molecule has 0 saturated carbocycles. The Morgan fingerprint density at radius 3 is 2.52 bits per heavy atom. The predicted molar refractivity (Wildman–Crippen MR) is 88.5 cm³/mol. The van der Waals surface area contributed by atoms with Crippen molar-refractivity contribution in [2.24, 2.45) is 5.10 Å². The van der Waals surface area contributed by atoms with Gasteiger partial charge in [0.25, 0.3) is 5.91 Å². The first kappa shape index (κ1) is 17.0. The number of carbonyl (C=O) groups is 2. The summed E-state index contributed by atoms with van der Waals surface area (Å²) >= 11 is 0. The fraction of sp³-hybridized carbons (Fsp3) is 0.438. The number of benzene rings is 1. The van der Waals surface area contributed by atoms with Crippen molar-refractivity contribution < 1.29 is 14.7 Å². The number of imide groups is 1. The number of hydrogen-bond donors (Lipinski definition) is 2. The Labute approximate surface area is 135 Å². The van der Waals surface area contributed by atoms with Crippen LogP contribution in [0.4, 0.5) is 10.5 Å². The van der Waals surface area contributed by atoms with Gasteiger partial charge in [-0.2, -0.15) is 5.10 Å². The zero-order chi connectivity index (χ0) is 17.0. The first-order valence-corrected chi connectivity index (χ1v) is 7.54. The van der Waals surface area contributed by atoms with Gasteiger partial charge in [0.1, 0.15) is 5.54 Å². The van der Waals surface area contributed by atoms with E-state index in [1.54, 1.807) is 6.92 Å². The zero-order valence-corrected chi connectivity index (χ0v) is 13.6. The normalized spacial score (nSPS) is 21.1. The number of amides is 3. The van der Waals surface area contributed by atoms with Crippen LogP contribution >= 0.6 is 0 Å². The van der Waals surface area contributed by atoms with E-state index in [1.807, 2.05) is 43.1 Å². The summed E-state index contributed by atoms with van der Waals surface area (Å²) in [7, 11) is 1.89. The molecular weight excluding hydrogens is 296 g/mol. The van der Waals surface area contributed by atoms with Gasteiger partial charge >= 0.3 is 6.03 Å². The van der Waals surface area contributed by atoms with Crippen LogP contribution in [0.5, 0.6) is 0 Å². The first-order valence-electron chi connectivity index (χ1n) is 7.54. The SMILES string of the molecule is CCC1(C)NC(=O)N(/N=C/c2ccc(N(C)CCO)cc2)C1=O. The standard InChI is InChI=1S/C16H22N4O3/c1-4-16(2)14(22)20(15(23)18-16)17-11-12-5-7-13(8-6-12)19(3)9-10-21/h5-8,11,21H,4,9-10H2,1-3H3,(H,18,23)/b17-11+. The van der Waals surface area contributed by atoms with E-state index in [4.69, 9.17) is 5.11 Å². The number of nitrogens with one attached hydrogen (secondary N) is 1. The molecule has 0 radical (unpaired) electrons. The molecule has 1 unspecified atom stereocenters. The number of hydrazone groups is 1. The molecule has 1 aromatic rings. The number of hydrogen-bond acceptors (Lipinski definition) is 5. The smallest absolute Gasteiger partial charge is 0.346 e. The van der Waals surface area contributed by atoms with E-state index >= 15 is 0 Å². The van der Waals surface area contributed by atoms with Crippen molar-refractivity contribution in [3.8, 4) is 0 Å². The van der Waals surface area contributed by atoms with Gasteiger partial charge in [0.15, 0.2) is 0 Å². The molecule has 124 valence electrons. The van der Waals surface area contributed by atoms with Gasteiger partial charge in [-0.1, -0.05) is 19.1 Å². The van der Waals surface area contributed by atoms with E-state index in [2.05, 4.69) is 10.4 Å². The molecule has 0 aromatic heterocycles. The van der Waals surface area contributed by atoms with E-state index in [0.29, 0.717) is 13.0 Å². The van der Waals surface area contributed by atoms with E-state index in [1.165, 1.54) is 6.21 Å². The van der Waals surface area contributed by atoms with Gasteiger partial charge < -0.3 is 15.3 Å². The van der Waals surface area contributed by atoms with E-state index in [9.17, 15) is 9.59 Å². The largest absolute Gasteiger partial charge is 0.395 e. The number of nitrogens with zero attached hydrogens (tertiary/aromatic N) is 3. The van der Waals surface area contributed by atoms with Crippen LogP contribution in [-0.2, 0) is 4.79 Å². The fourth-order valence-corrected chi connectivity index (χ4v) is 2.23. The summed E-state index contributed by atoms with van der Waals surface area (Å²) < 4.78 is 0. The molecule has 1 saturated heterocycles. The van der Waals surface area contributed by atoms with Crippen molar-refractivity contribution in [3.05, 3.63) is 29.8 Å². The molecule has 1 aromatic carbocycles. The van der Waals surface area contributed by atoms with Crippen molar-refractivity contribution in [1.29, 1.82) is 0 Å². The average molecular weight is 318 g/mol. The lowest BCUT2D eigenvalue weighted by atomic mass is 10.00. The highest BCUT2D eigenvalue weighted by Crippen LogP contribution is 2.21. The molecule has 23 heavy (non-hydrogen) atoms. The van der Waals surface area contributed by atoms with Gasteiger partial charge in [-0.3, -0.25) is 4.79 Å². The molecule has 0 bridgehead atoms. The Kier molecular flexibility index (Phi) is 5.00. The highest BCUT2D eigenvalue weighted by molar-refractivity contribution is 6.07. The maximum absolute atomic E-state index is 12.2. The third-order valence-corrected chi connectivity index (χ3v) is 4.04. The van der Waals surface area contributed by atoms with Gasteiger partial charge in [-0.25, -0.2) is 4.79 Å². The lowest BCUT2D eigenvalue weighted by Crippen LogP contribution is -2.42. The molecule has 1 heterocycles. The molecule has 2 N–H and O–H groups in total. The van der Waals surface area contributed by atoms with E-state index in [-0.39, 0.29) is 12.5 Å². The summed E-state index contributed by atoms with van der Waals surface area (Å²) in [4.78, 5) is 26.0. The molecule has 7 heteroatoms. The van der Waals surface area contributed by atoms with Crippen LogP contribution in [0.2, 0.25) is 0 Å². The van der Waals surface area contributed by atoms with Crippen LogP contribution in [-0.4, -0.2) is 54.0 Å². The van der Waals surface area contributed by atoms with Crippen molar-refractivity contribution in [2.75, 3.05) is 25.1 Å². The zero-order valence-electron chi connectivity index (χ0n) is 13.6. The Balaban J connectivity index is 2.09. The second-order valence-corrected chi connectivity index (χ2v) is 5.71. The summed E-state index contributed by atoms with van der Waals surface area (Å²) in [5.41, 5.74) is 0.854. The van der Waals surface area contributed by atoms with Crippen molar-refractivity contribution in [2.45, 2.75) is 25.8 Å². The minimum atomic E-state index is -0.884. The van der Waals surface area contributed by atoms with Crippen molar-refractivity contribution in [1.82, 2.24) is 10.3 Å². The first-order chi connectivity index (χ1) is 10.9. The number of anilines is 1. The molecule has 3 amide bonds. The molecule has 7 nitrogen and oxygen atoms in total. The second kappa shape index (κ2) is 6.78. The van der Waals surface area contributed by atoms with Gasteiger partial charge in [-0.15, -0.1) is 5.01 Å². The highest BCUT2D eigenvalue weighted by Gasteiger charge is 2.46. The molecule has 0 spiro atoms. The summed E-state index contributed by atoms with van der Waals surface area (Å²) in [6.45, 7) is 4.16. The van der Waals surface area contributed by atoms with Crippen LogP contribution < -0.4 is 10.2 Å². The Hall–Kier alpha value is -2.41. The summed E-state index contributed by atoms with van der Waals surface area (Å²) in [6, 6.07) is 6.95. The second-order valence-electron chi connectivity index (χ2n) is 5.71. The summed E-state index contributed by atoms with van der Waals surface area (Å²) in [5, 5.41) is 16.5. The van der Waals surface area contributed by atoms with Gasteiger partial charge in [-0.05, 0) is 31.0 Å². The van der Waals surface area contributed by atoms with E-state index < -0.39 is 11.6 Å². The third-order valence-electron chi connectivity index (χ3n) is 4.04. The molecule has 1 fully saturated rings. The number of likely N-dealkylation sites (N-methyl/N-ethyl adjacent to an activating group) is 1. The lowest BCUT2D eigenvalue weighted by Gasteiger charge is -2.18. The molecule has 2 rings (SSSR count).